The van der Waals surface area contributed by atoms with Crippen molar-refractivity contribution in [3.8, 4) is 0 Å². The molecule has 2 amide bonds. The second-order valence-corrected chi connectivity index (χ2v) is 6.33. The van der Waals surface area contributed by atoms with Crippen LogP contribution in [0.1, 0.15) is 32.6 Å². The van der Waals surface area contributed by atoms with E-state index in [1.165, 1.54) is 22.7 Å². The SMILES string of the molecule is O=C(NC[C@H](NC(=O)c1cscn1)c1ccccc1)c1cscn1. The fourth-order valence-corrected chi connectivity index (χ4v) is 3.17. The fraction of sp³-hybridized carbons (Fsp3) is 0.125. The van der Waals surface area contributed by atoms with Crippen molar-refractivity contribution in [3.63, 3.8) is 0 Å². The number of hydrogen-bond donors (Lipinski definition) is 2. The van der Waals surface area contributed by atoms with E-state index in [0.717, 1.165) is 5.56 Å². The van der Waals surface area contributed by atoms with Gasteiger partial charge in [0.2, 0.25) is 0 Å². The average molecular weight is 358 g/mol. The molecule has 0 saturated carbocycles. The first-order valence-electron chi connectivity index (χ1n) is 7.14. The zero-order valence-electron chi connectivity index (χ0n) is 12.5. The minimum Gasteiger partial charge on any atom is -0.348 e. The lowest BCUT2D eigenvalue weighted by Gasteiger charge is -2.19. The molecule has 2 aromatic heterocycles. The molecule has 3 aromatic rings. The van der Waals surface area contributed by atoms with E-state index in [1.54, 1.807) is 21.8 Å². The minimum atomic E-state index is -0.358. The van der Waals surface area contributed by atoms with Gasteiger partial charge in [0.1, 0.15) is 11.4 Å². The highest BCUT2D eigenvalue weighted by molar-refractivity contribution is 7.08. The number of carbonyl (C=O) groups excluding carboxylic acids is 2. The molecule has 6 nitrogen and oxygen atoms in total. The van der Waals surface area contributed by atoms with Gasteiger partial charge in [0, 0.05) is 17.3 Å². The van der Waals surface area contributed by atoms with Crippen LogP contribution in [-0.4, -0.2) is 28.3 Å². The molecule has 0 aliphatic carbocycles. The number of carbonyl (C=O) groups is 2. The molecule has 1 atom stereocenters. The largest absolute Gasteiger partial charge is 0.348 e. The Bertz CT molecular complexity index is 789. The molecular weight excluding hydrogens is 344 g/mol. The van der Waals surface area contributed by atoms with E-state index in [-0.39, 0.29) is 24.4 Å². The highest BCUT2D eigenvalue weighted by Crippen LogP contribution is 2.13. The summed E-state index contributed by atoms with van der Waals surface area (Å²) in [4.78, 5) is 32.3. The number of hydrogen-bond acceptors (Lipinski definition) is 6. The molecule has 8 heteroatoms. The second kappa shape index (κ2) is 7.80. The summed E-state index contributed by atoms with van der Waals surface area (Å²) in [5.74, 6) is -0.534. The van der Waals surface area contributed by atoms with Crippen molar-refractivity contribution in [3.05, 3.63) is 69.1 Å². The molecule has 3 rings (SSSR count). The fourth-order valence-electron chi connectivity index (χ4n) is 2.10. The van der Waals surface area contributed by atoms with Gasteiger partial charge in [0.15, 0.2) is 0 Å². The molecule has 0 fully saturated rings. The number of benzene rings is 1. The smallest absolute Gasteiger partial charge is 0.271 e. The highest BCUT2D eigenvalue weighted by atomic mass is 32.1. The third-order valence-corrected chi connectivity index (χ3v) is 4.48. The van der Waals surface area contributed by atoms with Crippen LogP contribution in [0, 0.1) is 0 Å². The Labute approximate surface area is 146 Å². The van der Waals surface area contributed by atoms with Crippen LogP contribution in [0.25, 0.3) is 0 Å². The molecule has 0 radical (unpaired) electrons. The third-order valence-electron chi connectivity index (χ3n) is 3.30. The van der Waals surface area contributed by atoms with Crippen LogP contribution in [0.4, 0.5) is 0 Å². The zero-order chi connectivity index (χ0) is 16.8. The van der Waals surface area contributed by atoms with Crippen molar-refractivity contribution in [1.29, 1.82) is 0 Å². The Morgan fingerprint density at radius 3 is 2.17 bits per heavy atom. The number of amides is 2. The number of aromatic nitrogens is 2. The van der Waals surface area contributed by atoms with Crippen LogP contribution in [-0.2, 0) is 0 Å². The van der Waals surface area contributed by atoms with E-state index in [9.17, 15) is 9.59 Å². The van der Waals surface area contributed by atoms with Gasteiger partial charge >= 0.3 is 0 Å². The summed E-state index contributed by atoms with van der Waals surface area (Å²) < 4.78 is 0. The number of nitrogens with one attached hydrogen (secondary N) is 2. The van der Waals surface area contributed by atoms with Crippen molar-refractivity contribution >= 4 is 34.5 Å². The Hall–Kier alpha value is -2.58. The van der Waals surface area contributed by atoms with Gasteiger partial charge < -0.3 is 10.6 Å². The van der Waals surface area contributed by atoms with E-state index in [2.05, 4.69) is 20.6 Å². The van der Waals surface area contributed by atoms with Gasteiger partial charge in [-0.3, -0.25) is 9.59 Å². The van der Waals surface area contributed by atoms with Crippen LogP contribution in [0.3, 0.4) is 0 Å². The maximum atomic E-state index is 12.3. The first-order valence-corrected chi connectivity index (χ1v) is 9.03. The number of rotatable bonds is 6. The molecule has 0 aliphatic rings. The molecule has 0 saturated heterocycles. The monoisotopic (exact) mass is 358 g/mol. The van der Waals surface area contributed by atoms with Crippen molar-refractivity contribution in [1.82, 2.24) is 20.6 Å². The Morgan fingerprint density at radius 2 is 1.58 bits per heavy atom. The summed E-state index contributed by atoms with van der Waals surface area (Å²) in [6.45, 7) is 0.260. The lowest BCUT2D eigenvalue weighted by molar-refractivity contribution is 0.0904. The lowest BCUT2D eigenvalue weighted by Crippen LogP contribution is -2.38. The molecule has 0 aliphatic heterocycles. The molecule has 0 unspecified atom stereocenters. The van der Waals surface area contributed by atoms with Crippen LogP contribution in [0.5, 0.6) is 0 Å². The minimum absolute atomic E-state index is 0.260. The van der Waals surface area contributed by atoms with Gasteiger partial charge in [-0.2, -0.15) is 0 Å². The lowest BCUT2D eigenvalue weighted by atomic mass is 10.1. The van der Waals surface area contributed by atoms with E-state index in [4.69, 9.17) is 0 Å². The van der Waals surface area contributed by atoms with E-state index < -0.39 is 0 Å². The zero-order valence-corrected chi connectivity index (χ0v) is 14.1. The summed E-state index contributed by atoms with van der Waals surface area (Å²) in [6, 6.07) is 9.13. The normalized spacial score (nSPS) is 11.7. The van der Waals surface area contributed by atoms with Crippen LogP contribution in [0.15, 0.2) is 52.1 Å². The van der Waals surface area contributed by atoms with E-state index in [1.807, 2.05) is 30.3 Å². The van der Waals surface area contributed by atoms with Crippen molar-refractivity contribution < 1.29 is 9.59 Å². The van der Waals surface area contributed by atoms with Crippen molar-refractivity contribution in [2.24, 2.45) is 0 Å². The van der Waals surface area contributed by atoms with Crippen LogP contribution < -0.4 is 10.6 Å². The Kier molecular flexibility index (Phi) is 5.29. The maximum absolute atomic E-state index is 12.3. The number of nitrogens with zero attached hydrogens (tertiary/aromatic N) is 2. The maximum Gasteiger partial charge on any atom is 0.271 e. The Morgan fingerprint density at radius 1 is 0.958 bits per heavy atom. The van der Waals surface area contributed by atoms with E-state index >= 15 is 0 Å². The molecule has 2 heterocycles. The molecule has 24 heavy (non-hydrogen) atoms. The first kappa shape index (κ1) is 16.3. The summed E-state index contributed by atoms with van der Waals surface area (Å²) in [7, 11) is 0. The van der Waals surface area contributed by atoms with Crippen LogP contribution in [0.2, 0.25) is 0 Å². The summed E-state index contributed by atoms with van der Waals surface area (Å²) in [6.07, 6.45) is 0. The predicted octanol–water partition coefficient (Wildman–Crippen LogP) is 2.50. The van der Waals surface area contributed by atoms with Crippen molar-refractivity contribution in [2.45, 2.75) is 6.04 Å². The molecule has 0 bridgehead atoms. The van der Waals surface area contributed by atoms with Gasteiger partial charge in [-0.15, -0.1) is 22.7 Å². The molecular formula is C16H14N4O2S2. The van der Waals surface area contributed by atoms with Crippen molar-refractivity contribution in [2.75, 3.05) is 6.54 Å². The highest BCUT2D eigenvalue weighted by Gasteiger charge is 2.18. The van der Waals surface area contributed by atoms with Gasteiger partial charge in [-0.1, -0.05) is 30.3 Å². The average Bonchev–Trinajstić information content (AvgIpc) is 3.32. The van der Waals surface area contributed by atoms with E-state index in [0.29, 0.717) is 11.4 Å². The summed E-state index contributed by atoms with van der Waals surface area (Å²) >= 11 is 2.72. The van der Waals surface area contributed by atoms with Gasteiger partial charge in [-0.05, 0) is 5.56 Å². The first-order chi connectivity index (χ1) is 11.7. The summed E-state index contributed by atoms with van der Waals surface area (Å²) in [5.41, 5.74) is 4.86. The molecule has 0 spiro atoms. The second-order valence-electron chi connectivity index (χ2n) is 4.89. The van der Waals surface area contributed by atoms with Crippen LogP contribution >= 0.6 is 22.7 Å². The summed E-state index contributed by atoms with van der Waals surface area (Å²) in [5, 5.41) is 9.08. The standard InChI is InChI=1S/C16H14N4O2S2/c21-15(13-7-23-9-18-13)17-6-12(11-4-2-1-3-5-11)20-16(22)14-8-24-10-19-14/h1-5,7-10,12H,6H2,(H,17,21)(H,20,22)/t12-/m0/s1. The Balaban J connectivity index is 1.70. The molecule has 122 valence electrons. The van der Waals surface area contributed by atoms with Gasteiger partial charge in [-0.25, -0.2) is 9.97 Å². The van der Waals surface area contributed by atoms with Gasteiger partial charge in [0.05, 0.1) is 17.1 Å². The topological polar surface area (TPSA) is 84.0 Å². The molecule has 1 aromatic carbocycles. The van der Waals surface area contributed by atoms with Gasteiger partial charge in [0.25, 0.3) is 11.8 Å². The number of thiazole rings is 2. The third kappa shape index (κ3) is 4.03. The predicted molar refractivity (Wildman–Crippen MR) is 93.2 cm³/mol. The molecule has 2 N–H and O–H groups in total. The quantitative estimate of drug-likeness (QED) is 0.709.